The van der Waals surface area contributed by atoms with E-state index in [1.807, 2.05) is 24.3 Å². The van der Waals surface area contributed by atoms with Gasteiger partial charge in [0.2, 0.25) is 0 Å². The topological polar surface area (TPSA) is 71.1 Å². The van der Waals surface area contributed by atoms with Crippen molar-refractivity contribution in [2.45, 2.75) is 128 Å². The standard InChI is InChI=1S/C20H27BO4.C14H15BrO2/c1-6-13-10-14-16(22)12-20(8-7-9-20)23-17(14)11-15(13)21-24-18(2,3)19(4,5)25-21;1-2-9-6-10-12(16)8-14(4-3-5-14)17-13(10)7-11(9)15/h10-11H,6-9,12H2,1-5H3;6-7H,2-5,8H2,1H3. The summed E-state index contributed by atoms with van der Waals surface area (Å²) in [6.07, 6.45) is 9.12. The zero-order valence-corrected chi connectivity index (χ0v) is 27.4. The van der Waals surface area contributed by atoms with Crippen molar-refractivity contribution < 1.29 is 28.4 Å². The molecule has 0 N–H and O–H groups in total. The third-order valence-corrected chi connectivity index (χ3v) is 11.1. The van der Waals surface area contributed by atoms with E-state index in [-0.39, 0.29) is 34.0 Å². The van der Waals surface area contributed by atoms with Crippen LogP contribution in [0.2, 0.25) is 0 Å². The molecular weight excluding hydrogens is 595 g/mol. The highest BCUT2D eigenvalue weighted by molar-refractivity contribution is 9.10. The quantitative estimate of drug-likeness (QED) is 0.329. The monoisotopic (exact) mass is 636 g/mol. The molecule has 42 heavy (non-hydrogen) atoms. The summed E-state index contributed by atoms with van der Waals surface area (Å²) in [4.78, 5) is 24.8. The lowest BCUT2D eigenvalue weighted by atomic mass is 9.71. The van der Waals surface area contributed by atoms with Crippen molar-refractivity contribution in [2.24, 2.45) is 0 Å². The maximum absolute atomic E-state index is 12.7. The summed E-state index contributed by atoms with van der Waals surface area (Å²) >= 11 is 3.54. The molecule has 3 fully saturated rings. The van der Waals surface area contributed by atoms with Crippen LogP contribution < -0.4 is 14.9 Å². The summed E-state index contributed by atoms with van der Waals surface area (Å²) in [5.41, 5.74) is 3.54. The fraction of sp³-hybridized carbons (Fsp3) is 0.588. The van der Waals surface area contributed by atoms with Crippen molar-refractivity contribution in [3.63, 3.8) is 0 Å². The van der Waals surface area contributed by atoms with E-state index in [4.69, 9.17) is 18.8 Å². The molecule has 0 atom stereocenters. The Kier molecular flexibility index (Phi) is 7.46. The van der Waals surface area contributed by atoms with Gasteiger partial charge in [0.1, 0.15) is 22.7 Å². The van der Waals surface area contributed by atoms with E-state index in [0.29, 0.717) is 18.6 Å². The Morgan fingerprint density at radius 2 is 1.17 bits per heavy atom. The number of hydrogen-bond donors (Lipinski definition) is 0. The van der Waals surface area contributed by atoms with Gasteiger partial charge in [-0.15, -0.1) is 0 Å². The molecule has 3 heterocycles. The molecule has 0 bridgehead atoms. The lowest BCUT2D eigenvalue weighted by Crippen LogP contribution is -2.48. The molecule has 2 saturated carbocycles. The number of ether oxygens (including phenoxy) is 2. The van der Waals surface area contributed by atoms with Crippen molar-refractivity contribution in [3.8, 4) is 11.5 Å². The highest BCUT2D eigenvalue weighted by Crippen LogP contribution is 2.47. The predicted octanol–water partition coefficient (Wildman–Crippen LogP) is 7.34. The van der Waals surface area contributed by atoms with E-state index in [0.717, 1.165) is 77.3 Å². The summed E-state index contributed by atoms with van der Waals surface area (Å²) in [5, 5.41) is 0. The number of aryl methyl sites for hydroxylation is 2. The second kappa shape index (κ2) is 10.5. The van der Waals surface area contributed by atoms with Crippen molar-refractivity contribution in [2.75, 3.05) is 0 Å². The van der Waals surface area contributed by atoms with Gasteiger partial charge in [0, 0.05) is 4.47 Å². The molecule has 2 aromatic carbocycles. The molecule has 2 aromatic rings. The molecule has 0 radical (unpaired) electrons. The molecule has 8 heteroatoms. The molecule has 7 rings (SSSR count). The van der Waals surface area contributed by atoms with Crippen molar-refractivity contribution in [1.29, 1.82) is 0 Å². The smallest absolute Gasteiger partial charge is 0.486 e. The first-order valence-electron chi connectivity index (χ1n) is 15.6. The highest BCUT2D eigenvalue weighted by Gasteiger charge is 2.53. The Morgan fingerprint density at radius 3 is 1.60 bits per heavy atom. The Labute approximate surface area is 258 Å². The number of Topliss-reactive ketones (excluding diaryl/α,β-unsaturated/α-hetero) is 2. The number of fused-ring (bicyclic) bond motifs is 2. The average molecular weight is 637 g/mol. The van der Waals surface area contributed by atoms with Gasteiger partial charge in [-0.05, 0) is 120 Å². The second-order valence-electron chi connectivity index (χ2n) is 13.8. The van der Waals surface area contributed by atoms with Gasteiger partial charge in [-0.1, -0.05) is 29.8 Å². The van der Waals surface area contributed by atoms with Crippen LogP contribution in [0.4, 0.5) is 0 Å². The van der Waals surface area contributed by atoms with Gasteiger partial charge in [-0.3, -0.25) is 9.59 Å². The summed E-state index contributed by atoms with van der Waals surface area (Å²) in [6, 6.07) is 7.93. The number of ketones is 2. The molecule has 2 aliphatic carbocycles. The SMILES string of the molecule is CCc1cc2c(cc1B1OC(C)(C)C(C)(C)O1)OC1(CCC1)CC2=O.CCc1cc2c(cc1Br)OC1(CCC1)CC2=O. The van der Waals surface area contributed by atoms with Gasteiger partial charge < -0.3 is 18.8 Å². The zero-order chi connectivity index (χ0) is 30.1. The normalized spacial score (nSPS) is 23.5. The lowest BCUT2D eigenvalue weighted by molar-refractivity contribution is -0.0183. The van der Waals surface area contributed by atoms with E-state index in [1.54, 1.807) is 0 Å². The van der Waals surface area contributed by atoms with Crippen molar-refractivity contribution in [1.82, 2.24) is 0 Å². The summed E-state index contributed by atoms with van der Waals surface area (Å²) < 4.78 is 25.9. The van der Waals surface area contributed by atoms with E-state index in [1.165, 1.54) is 12.0 Å². The molecular formula is C34H42BBrO6. The molecule has 3 aliphatic heterocycles. The van der Waals surface area contributed by atoms with Crippen LogP contribution >= 0.6 is 15.9 Å². The van der Waals surface area contributed by atoms with E-state index in [2.05, 4.69) is 57.5 Å². The first-order valence-corrected chi connectivity index (χ1v) is 16.4. The molecule has 0 amide bonds. The number of carbonyl (C=O) groups excluding carboxylic acids is 2. The zero-order valence-electron chi connectivity index (χ0n) is 25.8. The first kappa shape index (κ1) is 29.9. The number of carbonyl (C=O) groups is 2. The predicted molar refractivity (Wildman–Crippen MR) is 167 cm³/mol. The fourth-order valence-corrected chi connectivity index (χ4v) is 7.23. The van der Waals surface area contributed by atoms with Crippen LogP contribution in [0, 0.1) is 0 Å². The van der Waals surface area contributed by atoms with Gasteiger partial charge in [0.05, 0.1) is 35.2 Å². The summed E-state index contributed by atoms with van der Waals surface area (Å²) in [6.45, 7) is 12.4. The van der Waals surface area contributed by atoms with Crippen molar-refractivity contribution >= 4 is 40.1 Å². The number of rotatable bonds is 3. The Hall–Kier alpha value is -2.16. The fourth-order valence-electron chi connectivity index (χ4n) is 6.63. The van der Waals surface area contributed by atoms with Crippen LogP contribution in [-0.2, 0) is 22.2 Å². The van der Waals surface area contributed by atoms with Gasteiger partial charge >= 0.3 is 7.12 Å². The van der Waals surface area contributed by atoms with Crippen LogP contribution in [0.5, 0.6) is 11.5 Å². The number of benzene rings is 2. The lowest BCUT2D eigenvalue weighted by Gasteiger charge is -2.44. The van der Waals surface area contributed by atoms with E-state index in [9.17, 15) is 9.59 Å². The maximum atomic E-state index is 12.7. The molecule has 6 nitrogen and oxygen atoms in total. The van der Waals surface area contributed by atoms with Crippen molar-refractivity contribution in [3.05, 3.63) is 51.0 Å². The van der Waals surface area contributed by atoms with Crippen LogP contribution in [0.3, 0.4) is 0 Å². The first-order chi connectivity index (χ1) is 19.8. The Bertz CT molecular complexity index is 1420. The third-order valence-electron chi connectivity index (χ3n) is 10.4. The minimum absolute atomic E-state index is 0.169. The highest BCUT2D eigenvalue weighted by atomic mass is 79.9. The van der Waals surface area contributed by atoms with Gasteiger partial charge in [-0.2, -0.15) is 0 Å². The second-order valence-corrected chi connectivity index (χ2v) is 14.6. The van der Waals surface area contributed by atoms with Gasteiger partial charge in [0.25, 0.3) is 0 Å². The van der Waals surface area contributed by atoms with Gasteiger partial charge in [-0.25, -0.2) is 0 Å². The average Bonchev–Trinajstić information content (AvgIpc) is 3.12. The molecule has 2 spiro atoms. The summed E-state index contributed by atoms with van der Waals surface area (Å²) in [5.74, 6) is 1.92. The molecule has 0 unspecified atom stereocenters. The van der Waals surface area contributed by atoms with Gasteiger partial charge in [0.15, 0.2) is 11.6 Å². The minimum Gasteiger partial charge on any atom is -0.486 e. The molecule has 224 valence electrons. The molecule has 0 aromatic heterocycles. The molecule has 5 aliphatic rings. The van der Waals surface area contributed by atoms with E-state index >= 15 is 0 Å². The Morgan fingerprint density at radius 1 is 0.714 bits per heavy atom. The third kappa shape index (κ3) is 5.05. The Balaban J connectivity index is 0.000000162. The van der Waals surface area contributed by atoms with E-state index < -0.39 is 7.12 Å². The summed E-state index contributed by atoms with van der Waals surface area (Å²) in [7, 11) is -0.428. The van der Waals surface area contributed by atoms with Crippen LogP contribution in [0.1, 0.15) is 125 Å². The minimum atomic E-state index is -0.428. The van der Waals surface area contributed by atoms with Crippen LogP contribution in [-0.4, -0.2) is 41.1 Å². The number of hydrogen-bond acceptors (Lipinski definition) is 6. The van der Waals surface area contributed by atoms with Crippen LogP contribution in [0.25, 0.3) is 0 Å². The maximum Gasteiger partial charge on any atom is 0.495 e. The van der Waals surface area contributed by atoms with Crippen LogP contribution in [0.15, 0.2) is 28.7 Å². The largest absolute Gasteiger partial charge is 0.495 e. The number of halogens is 1. The molecule has 1 saturated heterocycles.